The fraction of sp³-hybridized carbons (Fsp3) is 0.750. The Bertz CT molecular complexity index is 438. The van der Waals surface area contributed by atoms with Crippen LogP contribution in [0.25, 0.3) is 0 Å². The van der Waals surface area contributed by atoms with Gasteiger partial charge in [-0.15, -0.1) is 0 Å². The third-order valence-corrected chi connectivity index (χ3v) is 4.96. The van der Waals surface area contributed by atoms with Gasteiger partial charge in [0.25, 0.3) is 0 Å². The van der Waals surface area contributed by atoms with Crippen molar-refractivity contribution in [3.63, 3.8) is 0 Å². The molecule has 0 unspecified atom stereocenters. The van der Waals surface area contributed by atoms with Gasteiger partial charge in [0, 0.05) is 32.1 Å². The van der Waals surface area contributed by atoms with Crippen LogP contribution < -0.4 is 4.90 Å². The van der Waals surface area contributed by atoms with E-state index in [-0.39, 0.29) is 0 Å². The van der Waals surface area contributed by atoms with Crippen molar-refractivity contribution in [1.29, 1.82) is 0 Å². The predicted molar refractivity (Wildman–Crippen MR) is 79.7 cm³/mol. The van der Waals surface area contributed by atoms with Crippen LogP contribution in [0.4, 0.5) is 5.95 Å². The summed E-state index contributed by atoms with van der Waals surface area (Å²) in [6.07, 6.45) is 7.59. The highest BCUT2D eigenvalue weighted by Crippen LogP contribution is 2.47. The van der Waals surface area contributed by atoms with Gasteiger partial charge >= 0.3 is 0 Å². The van der Waals surface area contributed by atoms with Crippen molar-refractivity contribution in [2.75, 3.05) is 24.6 Å². The monoisotopic (exact) mass is 275 g/mol. The standard InChI is InChI=1S/C16H25N3O/c1-11(2)14-8-17-16(18-9-14)19-5-3-12(4-6-19)15-7-13(15)10-20/h8-9,11-13,15,20H,3-7,10H2,1-2H3/t13-,15+/m0/s1. The molecule has 0 bridgehead atoms. The summed E-state index contributed by atoms with van der Waals surface area (Å²) in [6, 6.07) is 0. The Morgan fingerprint density at radius 2 is 1.90 bits per heavy atom. The second kappa shape index (κ2) is 5.68. The van der Waals surface area contributed by atoms with Gasteiger partial charge in [0.05, 0.1) is 0 Å². The molecule has 1 N–H and O–H groups in total. The molecule has 0 amide bonds. The molecule has 110 valence electrons. The van der Waals surface area contributed by atoms with Crippen LogP contribution in [0.2, 0.25) is 0 Å². The van der Waals surface area contributed by atoms with Gasteiger partial charge in [0.1, 0.15) is 0 Å². The molecule has 4 heteroatoms. The number of hydrogen-bond acceptors (Lipinski definition) is 4. The molecule has 0 aromatic carbocycles. The third kappa shape index (κ3) is 2.80. The topological polar surface area (TPSA) is 49.2 Å². The molecule has 0 spiro atoms. The summed E-state index contributed by atoms with van der Waals surface area (Å²) in [5, 5.41) is 9.18. The summed E-state index contributed by atoms with van der Waals surface area (Å²) < 4.78 is 0. The van der Waals surface area contributed by atoms with Crippen molar-refractivity contribution in [3.8, 4) is 0 Å². The average Bonchev–Trinajstić information content (AvgIpc) is 3.27. The maximum Gasteiger partial charge on any atom is 0.225 e. The van der Waals surface area contributed by atoms with Crippen LogP contribution in [-0.4, -0.2) is 34.8 Å². The number of nitrogens with zero attached hydrogens (tertiary/aromatic N) is 3. The fourth-order valence-corrected chi connectivity index (χ4v) is 3.38. The van der Waals surface area contributed by atoms with Gasteiger partial charge in [-0.05, 0) is 48.5 Å². The Hall–Kier alpha value is -1.16. The summed E-state index contributed by atoms with van der Waals surface area (Å²) in [4.78, 5) is 11.3. The van der Waals surface area contributed by atoms with Crippen LogP contribution in [-0.2, 0) is 0 Å². The number of aliphatic hydroxyl groups is 1. The summed E-state index contributed by atoms with van der Waals surface area (Å²) in [6.45, 7) is 6.82. The molecule has 2 fully saturated rings. The molecule has 3 rings (SSSR count). The number of anilines is 1. The Morgan fingerprint density at radius 1 is 1.25 bits per heavy atom. The molecule has 1 aliphatic heterocycles. The molecule has 1 aromatic rings. The van der Waals surface area contributed by atoms with Crippen LogP contribution in [0.1, 0.15) is 44.6 Å². The van der Waals surface area contributed by atoms with E-state index in [1.165, 1.54) is 24.8 Å². The van der Waals surface area contributed by atoms with Gasteiger partial charge in [0.2, 0.25) is 5.95 Å². The molecule has 1 saturated heterocycles. The minimum atomic E-state index is 0.380. The normalized spacial score (nSPS) is 27.1. The maximum atomic E-state index is 9.18. The number of hydrogen-bond donors (Lipinski definition) is 1. The lowest BCUT2D eigenvalue weighted by atomic mass is 9.91. The first-order valence-electron chi connectivity index (χ1n) is 7.86. The van der Waals surface area contributed by atoms with Gasteiger partial charge in [-0.1, -0.05) is 13.8 Å². The van der Waals surface area contributed by atoms with E-state index in [1.807, 2.05) is 12.4 Å². The van der Waals surface area contributed by atoms with Crippen LogP contribution in [0, 0.1) is 17.8 Å². The van der Waals surface area contributed by atoms with Gasteiger partial charge in [0.15, 0.2) is 0 Å². The van der Waals surface area contributed by atoms with E-state index in [9.17, 15) is 5.11 Å². The maximum absolute atomic E-state index is 9.18. The number of rotatable bonds is 4. The fourth-order valence-electron chi connectivity index (χ4n) is 3.38. The summed E-state index contributed by atoms with van der Waals surface area (Å²) in [5.41, 5.74) is 1.20. The van der Waals surface area contributed by atoms with Crippen molar-refractivity contribution in [1.82, 2.24) is 9.97 Å². The van der Waals surface area contributed by atoms with Crippen LogP contribution in [0.15, 0.2) is 12.4 Å². The molecule has 2 heterocycles. The highest BCUT2D eigenvalue weighted by Gasteiger charge is 2.43. The van der Waals surface area contributed by atoms with E-state index in [0.29, 0.717) is 18.4 Å². The smallest absolute Gasteiger partial charge is 0.225 e. The molecule has 0 radical (unpaired) electrons. The van der Waals surface area contributed by atoms with Crippen LogP contribution in [0.5, 0.6) is 0 Å². The first kappa shape index (κ1) is 13.8. The van der Waals surface area contributed by atoms with Gasteiger partial charge in [-0.25, -0.2) is 9.97 Å². The Kier molecular flexibility index (Phi) is 3.92. The van der Waals surface area contributed by atoms with Crippen molar-refractivity contribution in [2.24, 2.45) is 17.8 Å². The van der Waals surface area contributed by atoms with Crippen molar-refractivity contribution in [3.05, 3.63) is 18.0 Å². The number of aromatic nitrogens is 2. The summed E-state index contributed by atoms with van der Waals surface area (Å²) in [5.74, 6) is 3.54. The zero-order valence-corrected chi connectivity index (χ0v) is 12.5. The van der Waals surface area contributed by atoms with Gasteiger partial charge in [-0.3, -0.25) is 0 Å². The molecule has 1 aromatic heterocycles. The van der Waals surface area contributed by atoms with Gasteiger partial charge in [-0.2, -0.15) is 0 Å². The zero-order valence-electron chi connectivity index (χ0n) is 12.5. The van der Waals surface area contributed by atoms with E-state index in [0.717, 1.165) is 30.9 Å². The van der Waals surface area contributed by atoms with E-state index in [4.69, 9.17) is 0 Å². The van der Waals surface area contributed by atoms with Crippen LogP contribution in [0.3, 0.4) is 0 Å². The molecule has 20 heavy (non-hydrogen) atoms. The first-order chi connectivity index (χ1) is 9.69. The number of piperidine rings is 1. The average molecular weight is 275 g/mol. The molecule has 4 nitrogen and oxygen atoms in total. The molecule has 1 saturated carbocycles. The molecular formula is C16H25N3O. The summed E-state index contributed by atoms with van der Waals surface area (Å²) >= 11 is 0. The second-order valence-electron chi connectivity index (χ2n) is 6.64. The second-order valence-corrected chi connectivity index (χ2v) is 6.64. The molecular weight excluding hydrogens is 250 g/mol. The molecule has 1 aliphatic carbocycles. The van der Waals surface area contributed by atoms with Crippen LogP contribution >= 0.6 is 0 Å². The van der Waals surface area contributed by atoms with E-state index in [1.54, 1.807) is 0 Å². The lowest BCUT2D eigenvalue weighted by Gasteiger charge is -2.32. The van der Waals surface area contributed by atoms with E-state index < -0.39 is 0 Å². The van der Waals surface area contributed by atoms with Crippen molar-refractivity contribution in [2.45, 2.75) is 39.0 Å². The van der Waals surface area contributed by atoms with Crippen molar-refractivity contribution < 1.29 is 5.11 Å². The van der Waals surface area contributed by atoms with Gasteiger partial charge < -0.3 is 10.0 Å². The first-order valence-corrected chi connectivity index (χ1v) is 7.86. The predicted octanol–water partition coefficient (Wildman–Crippen LogP) is 2.44. The lowest BCUT2D eigenvalue weighted by molar-refractivity contribution is 0.248. The Balaban J connectivity index is 1.55. The Morgan fingerprint density at radius 3 is 2.40 bits per heavy atom. The largest absolute Gasteiger partial charge is 0.396 e. The highest BCUT2D eigenvalue weighted by atomic mass is 16.3. The third-order valence-electron chi connectivity index (χ3n) is 4.96. The Labute approximate surface area is 121 Å². The summed E-state index contributed by atoms with van der Waals surface area (Å²) in [7, 11) is 0. The lowest BCUT2D eigenvalue weighted by Crippen LogP contribution is -2.35. The minimum Gasteiger partial charge on any atom is -0.396 e. The molecule has 2 atom stereocenters. The quantitative estimate of drug-likeness (QED) is 0.917. The SMILES string of the molecule is CC(C)c1cnc(N2CCC([C@H]3C[C@H]3CO)CC2)nc1. The van der Waals surface area contributed by atoms with E-state index in [2.05, 4.69) is 28.7 Å². The number of aliphatic hydroxyl groups excluding tert-OH is 1. The zero-order chi connectivity index (χ0) is 14.1. The van der Waals surface area contributed by atoms with Crippen molar-refractivity contribution >= 4 is 5.95 Å². The minimum absolute atomic E-state index is 0.380. The van der Waals surface area contributed by atoms with E-state index >= 15 is 0 Å². The molecule has 2 aliphatic rings. The highest BCUT2D eigenvalue weighted by molar-refractivity contribution is 5.31.